The predicted molar refractivity (Wildman–Crippen MR) is 102 cm³/mol. The highest BCUT2D eigenvalue weighted by atomic mass is 35.5. The molecule has 0 atom stereocenters. The summed E-state index contributed by atoms with van der Waals surface area (Å²) in [5, 5.41) is 0.598. The van der Waals surface area contributed by atoms with Crippen molar-refractivity contribution in [1.29, 1.82) is 0 Å². The van der Waals surface area contributed by atoms with E-state index in [4.69, 9.17) is 27.9 Å². The molecule has 3 aromatic rings. The van der Waals surface area contributed by atoms with Crippen LogP contribution in [0.5, 0.6) is 11.5 Å². The largest absolute Gasteiger partial charge is 0.456 e. The third-order valence-corrected chi connectivity index (χ3v) is 4.00. The molecule has 1 heterocycles. The monoisotopic (exact) mass is 401 g/mol. The minimum atomic E-state index is -0.554. The van der Waals surface area contributed by atoms with Gasteiger partial charge in [-0.15, -0.1) is 0 Å². The molecule has 6 nitrogen and oxygen atoms in total. The van der Waals surface area contributed by atoms with Crippen LogP contribution in [-0.4, -0.2) is 16.8 Å². The van der Waals surface area contributed by atoms with Gasteiger partial charge in [-0.3, -0.25) is 25.4 Å². The summed E-state index contributed by atoms with van der Waals surface area (Å²) in [6.07, 6.45) is 3.23. The Morgan fingerprint density at radius 3 is 2.30 bits per heavy atom. The molecule has 2 N–H and O–H groups in total. The van der Waals surface area contributed by atoms with E-state index in [0.29, 0.717) is 22.1 Å². The minimum absolute atomic E-state index is 0.186. The minimum Gasteiger partial charge on any atom is -0.456 e. The Labute approximate surface area is 165 Å². The van der Waals surface area contributed by atoms with Gasteiger partial charge in [-0.1, -0.05) is 23.2 Å². The number of rotatable bonds is 4. The first-order chi connectivity index (χ1) is 13.0. The number of nitrogens with zero attached hydrogens (tertiary/aromatic N) is 1. The number of hydrogen-bond donors (Lipinski definition) is 2. The zero-order valence-electron chi connectivity index (χ0n) is 13.8. The van der Waals surface area contributed by atoms with Gasteiger partial charge in [0.25, 0.3) is 11.8 Å². The van der Waals surface area contributed by atoms with Crippen molar-refractivity contribution in [1.82, 2.24) is 15.8 Å². The average molecular weight is 402 g/mol. The van der Waals surface area contributed by atoms with Crippen LogP contribution >= 0.6 is 23.2 Å². The summed E-state index contributed by atoms with van der Waals surface area (Å²) in [5.74, 6) is 0.0984. The number of aromatic nitrogens is 1. The molecule has 1 aromatic heterocycles. The Hall–Kier alpha value is -3.09. The number of ether oxygens (including phenoxy) is 1. The molecule has 0 aliphatic carbocycles. The fourth-order valence-corrected chi connectivity index (χ4v) is 2.64. The Kier molecular flexibility index (Phi) is 5.90. The summed E-state index contributed by atoms with van der Waals surface area (Å²) in [6, 6.07) is 14.4. The average Bonchev–Trinajstić information content (AvgIpc) is 2.67. The lowest BCUT2D eigenvalue weighted by Gasteiger charge is -2.09. The van der Waals surface area contributed by atoms with E-state index in [0.717, 1.165) is 0 Å². The molecule has 8 heteroatoms. The van der Waals surface area contributed by atoms with Crippen molar-refractivity contribution in [2.24, 2.45) is 0 Å². The molecule has 0 aliphatic rings. The highest BCUT2D eigenvalue weighted by Gasteiger charge is 2.12. The fourth-order valence-electron chi connectivity index (χ4n) is 2.14. The Morgan fingerprint density at radius 2 is 1.63 bits per heavy atom. The fraction of sp³-hybridized carbons (Fsp3) is 0. The van der Waals surface area contributed by atoms with Gasteiger partial charge in [0.1, 0.15) is 11.5 Å². The Balaban J connectivity index is 1.58. The molecule has 3 rings (SSSR count). The van der Waals surface area contributed by atoms with Crippen LogP contribution in [0.4, 0.5) is 0 Å². The van der Waals surface area contributed by atoms with E-state index < -0.39 is 11.8 Å². The van der Waals surface area contributed by atoms with E-state index in [1.165, 1.54) is 18.2 Å². The van der Waals surface area contributed by atoms with Crippen LogP contribution in [0.2, 0.25) is 10.0 Å². The van der Waals surface area contributed by atoms with E-state index >= 15 is 0 Å². The van der Waals surface area contributed by atoms with Gasteiger partial charge in [0, 0.05) is 16.8 Å². The molecule has 0 radical (unpaired) electrons. The molecule has 136 valence electrons. The Bertz CT molecular complexity index is 964. The van der Waals surface area contributed by atoms with Crippen molar-refractivity contribution >= 4 is 35.0 Å². The van der Waals surface area contributed by atoms with Gasteiger partial charge in [0.05, 0.1) is 16.8 Å². The second-order valence-corrected chi connectivity index (χ2v) is 6.19. The molecule has 27 heavy (non-hydrogen) atoms. The molecule has 0 bridgehead atoms. The highest BCUT2D eigenvalue weighted by molar-refractivity contribution is 6.36. The quantitative estimate of drug-likeness (QED) is 0.640. The van der Waals surface area contributed by atoms with Crippen molar-refractivity contribution in [3.8, 4) is 11.5 Å². The summed E-state index contributed by atoms with van der Waals surface area (Å²) in [7, 11) is 0. The molecule has 0 saturated heterocycles. The lowest BCUT2D eigenvalue weighted by molar-refractivity contribution is 0.0846. The zero-order chi connectivity index (χ0) is 19.2. The van der Waals surface area contributed by atoms with Gasteiger partial charge in [-0.25, -0.2) is 0 Å². The van der Waals surface area contributed by atoms with E-state index in [1.54, 1.807) is 48.8 Å². The number of benzene rings is 2. The molecular weight excluding hydrogens is 389 g/mol. The lowest BCUT2D eigenvalue weighted by Crippen LogP contribution is -2.41. The van der Waals surface area contributed by atoms with E-state index in [9.17, 15) is 9.59 Å². The maximum atomic E-state index is 12.2. The van der Waals surface area contributed by atoms with Gasteiger partial charge in [-0.2, -0.15) is 0 Å². The molecule has 0 saturated carbocycles. The Morgan fingerprint density at radius 1 is 0.889 bits per heavy atom. The van der Waals surface area contributed by atoms with E-state index in [-0.39, 0.29) is 10.6 Å². The maximum absolute atomic E-state index is 12.2. The van der Waals surface area contributed by atoms with Crippen molar-refractivity contribution in [3.63, 3.8) is 0 Å². The maximum Gasteiger partial charge on any atom is 0.271 e. The summed E-state index contributed by atoms with van der Waals surface area (Å²) >= 11 is 11.8. The van der Waals surface area contributed by atoms with Gasteiger partial charge in [0.2, 0.25) is 0 Å². The third kappa shape index (κ3) is 4.97. The number of hydrogen-bond acceptors (Lipinski definition) is 4. The van der Waals surface area contributed by atoms with Gasteiger partial charge >= 0.3 is 0 Å². The number of pyridine rings is 1. The smallest absolute Gasteiger partial charge is 0.271 e. The van der Waals surface area contributed by atoms with Crippen molar-refractivity contribution in [2.75, 3.05) is 0 Å². The molecule has 0 unspecified atom stereocenters. The number of carbonyl (C=O) groups excluding carboxylic acids is 2. The highest BCUT2D eigenvalue weighted by Crippen LogP contribution is 2.21. The van der Waals surface area contributed by atoms with E-state index in [2.05, 4.69) is 15.8 Å². The standard InChI is InChI=1S/C19H13Cl2N3O3/c20-13-5-8-16(17(21)10-13)19(26)24-23-18(25)12-3-6-14(7-4-12)27-15-2-1-9-22-11-15/h1-11H,(H,23,25)(H,24,26). The van der Waals surface area contributed by atoms with Crippen LogP contribution in [0.1, 0.15) is 20.7 Å². The van der Waals surface area contributed by atoms with Crippen molar-refractivity contribution in [3.05, 3.63) is 88.2 Å². The second kappa shape index (κ2) is 8.53. The third-order valence-electron chi connectivity index (χ3n) is 3.45. The van der Waals surface area contributed by atoms with Crippen LogP contribution < -0.4 is 15.6 Å². The summed E-state index contributed by atoms with van der Waals surface area (Å²) in [6.45, 7) is 0. The summed E-state index contributed by atoms with van der Waals surface area (Å²) < 4.78 is 5.60. The lowest BCUT2D eigenvalue weighted by atomic mass is 10.2. The topological polar surface area (TPSA) is 80.3 Å². The molecule has 2 aromatic carbocycles. The van der Waals surface area contributed by atoms with Crippen LogP contribution in [-0.2, 0) is 0 Å². The normalized spacial score (nSPS) is 10.1. The van der Waals surface area contributed by atoms with Crippen LogP contribution in [0.15, 0.2) is 67.0 Å². The first-order valence-corrected chi connectivity index (χ1v) is 8.52. The van der Waals surface area contributed by atoms with Crippen LogP contribution in [0.3, 0.4) is 0 Å². The molecule has 0 aliphatic heterocycles. The van der Waals surface area contributed by atoms with Crippen LogP contribution in [0.25, 0.3) is 0 Å². The van der Waals surface area contributed by atoms with Gasteiger partial charge in [0.15, 0.2) is 0 Å². The SMILES string of the molecule is O=C(NNC(=O)c1ccc(Cl)cc1Cl)c1ccc(Oc2cccnc2)cc1. The summed E-state index contributed by atoms with van der Waals surface area (Å²) in [5.41, 5.74) is 5.17. The number of halogens is 2. The van der Waals surface area contributed by atoms with Gasteiger partial charge < -0.3 is 4.74 Å². The van der Waals surface area contributed by atoms with Gasteiger partial charge in [-0.05, 0) is 54.6 Å². The van der Waals surface area contributed by atoms with E-state index in [1.807, 2.05) is 0 Å². The first-order valence-electron chi connectivity index (χ1n) is 7.76. The van der Waals surface area contributed by atoms with Crippen molar-refractivity contribution in [2.45, 2.75) is 0 Å². The predicted octanol–water partition coefficient (Wildman–Crippen LogP) is 4.26. The molecule has 0 fully saturated rings. The number of nitrogens with one attached hydrogen (secondary N) is 2. The summed E-state index contributed by atoms with van der Waals surface area (Å²) in [4.78, 5) is 28.2. The molecular formula is C19H13Cl2N3O3. The molecule has 0 spiro atoms. The van der Waals surface area contributed by atoms with Crippen molar-refractivity contribution < 1.29 is 14.3 Å². The number of carbonyl (C=O) groups is 2. The zero-order valence-corrected chi connectivity index (χ0v) is 15.3. The number of amides is 2. The second-order valence-electron chi connectivity index (χ2n) is 5.35. The number of hydrazine groups is 1. The first kappa shape index (κ1) is 18.7. The molecule has 2 amide bonds. The van der Waals surface area contributed by atoms with Crippen LogP contribution in [0, 0.1) is 0 Å².